The molecule has 0 aliphatic carbocycles. The van der Waals surface area contributed by atoms with E-state index in [-0.39, 0.29) is 6.10 Å². The zero-order chi connectivity index (χ0) is 14.5. The van der Waals surface area contributed by atoms with Crippen LogP contribution in [-0.2, 0) is 17.7 Å². The molecule has 3 rings (SSSR count). The predicted molar refractivity (Wildman–Crippen MR) is 84.1 cm³/mol. The monoisotopic (exact) mass is 304 g/mol. The maximum absolute atomic E-state index is 5.87. The molecule has 5 nitrogen and oxygen atoms in total. The summed E-state index contributed by atoms with van der Waals surface area (Å²) in [5, 5.41) is 2.12. The summed E-state index contributed by atoms with van der Waals surface area (Å²) in [5.41, 5.74) is 9.98. The van der Waals surface area contributed by atoms with E-state index >= 15 is 0 Å². The molecule has 1 saturated heterocycles. The van der Waals surface area contributed by atoms with Gasteiger partial charge >= 0.3 is 0 Å². The van der Waals surface area contributed by atoms with Crippen LogP contribution in [0.1, 0.15) is 17.7 Å². The normalized spacial score (nSPS) is 19.7. The maximum atomic E-state index is 5.87. The third-order valence-corrected chi connectivity index (χ3v) is 4.33. The smallest absolute Gasteiger partial charge is 0.123 e. The van der Waals surface area contributed by atoms with Gasteiger partial charge in [-0.1, -0.05) is 0 Å². The molecule has 1 fully saturated rings. The summed E-state index contributed by atoms with van der Waals surface area (Å²) in [6.07, 6.45) is 4.03. The number of anilines is 1. The number of rotatable bonds is 5. The fourth-order valence-corrected chi connectivity index (χ4v) is 3.17. The number of ether oxygens (including phenoxy) is 1. The SMILES string of the molecule is Nc1cc(CCC2CN(Cc3cscn3)CCO2)ccn1. The number of aryl methyl sites for hydroxylation is 1. The van der Waals surface area contributed by atoms with Crippen molar-refractivity contribution in [2.24, 2.45) is 0 Å². The van der Waals surface area contributed by atoms with E-state index in [4.69, 9.17) is 10.5 Å². The molecule has 2 aromatic heterocycles. The summed E-state index contributed by atoms with van der Waals surface area (Å²) in [7, 11) is 0. The Morgan fingerprint density at radius 1 is 1.43 bits per heavy atom. The Morgan fingerprint density at radius 3 is 3.19 bits per heavy atom. The first-order chi connectivity index (χ1) is 10.3. The van der Waals surface area contributed by atoms with Gasteiger partial charge in [0.15, 0.2) is 0 Å². The van der Waals surface area contributed by atoms with Crippen molar-refractivity contribution in [3.63, 3.8) is 0 Å². The van der Waals surface area contributed by atoms with E-state index in [0.29, 0.717) is 5.82 Å². The van der Waals surface area contributed by atoms with Gasteiger partial charge in [-0.3, -0.25) is 4.90 Å². The van der Waals surface area contributed by atoms with E-state index in [0.717, 1.165) is 44.8 Å². The number of morpholine rings is 1. The van der Waals surface area contributed by atoms with Crippen LogP contribution in [0.25, 0.3) is 0 Å². The van der Waals surface area contributed by atoms with Crippen molar-refractivity contribution in [3.05, 3.63) is 40.5 Å². The van der Waals surface area contributed by atoms with Gasteiger partial charge in [0.1, 0.15) is 5.82 Å². The molecule has 2 aromatic rings. The highest BCUT2D eigenvalue weighted by molar-refractivity contribution is 7.07. The lowest BCUT2D eigenvalue weighted by molar-refractivity contribution is -0.0348. The molecule has 0 spiro atoms. The summed E-state index contributed by atoms with van der Waals surface area (Å²) < 4.78 is 5.87. The highest BCUT2D eigenvalue weighted by atomic mass is 32.1. The van der Waals surface area contributed by atoms with Crippen LogP contribution in [0.15, 0.2) is 29.2 Å². The number of pyridine rings is 1. The predicted octanol–water partition coefficient (Wildman–Crippen LogP) is 1.95. The van der Waals surface area contributed by atoms with Crippen LogP contribution in [0.3, 0.4) is 0 Å². The largest absolute Gasteiger partial charge is 0.384 e. The zero-order valence-electron chi connectivity index (χ0n) is 11.9. The lowest BCUT2D eigenvalue weighted by atomic mass is 10.1. The molecule has 1 unspecified atom stereocenters. The summed E-state index contributed by atoms with van der Waals surface area (Å²) in [4.78, 5) is 10.8. The molecule has 6 heteroatoms. The second-order valence-corrected chi connectivity index (χ2v) is 6.05. The Balaban J connectivity index is 1.49. The lowest BCUT2D eigenvalue weighted by Crippen LogP contribution is -2.42. The molecule has 112 valence electrons. The Labute approximate surface area is 128 Å². The molecule has 0 bridgehead atoms. The zero-order valence-corrected chi connectivity index (χ0v) is 12.8. The van der Waals surface area contributed by atoms with E-state index < -0.39 is 0 Å². The molecular formula is C15H20N4OS. The van der Waals surface area contributed by atoms with Crippen molar-refractivity contribution in [3.8, 4) is 0 Å². The van der Waals surface area contributed by atoms with Crippen molar-refractivity contribution in [2.75, 3.05) is 25.4 Å². The van der Waals surface area contributed by atoms with Crippen molar-refractivity contribution < 1.29 is 4.74 Å². The highest BCUT2D eigenvalue weighted by Gasteiger charge is 2.20. The van der Waals surface area contributed by atoms with Gasteiger partial charge in [0.2, 0.25) is 0 Å². The fourth-order valence-electron chi connectivity index (χ4n) is 2.62. The molecule has 0 saturated carbocycles. The van der Waals surface area contributed by atoms with Gasteiger partial charge in [0.05, 0.1) is 23.9 Å². The molecule has 1 aliphatic heterocycles. The van der Waals surface area contributed by atoms with Crippen LogP contribution in [0.4, 0.5) is 5.82 Å². The number of nitrogens with two attached hydrogens (primary N) is 1. The first-order valence-electron chi connectivity index (χ1n) is 7.21. The Kier molecular flexibility index (Phi) is 4.80. The standard InChI is InChI=1S/C15H20N4OS/c16-15-7-12(3-4-17-15)1-2-14-9-19(5-6-20-14)8-13-10-21-11-18-13/h3-4,7,10-11,14H,1-2,5-6,8-9H2,(H2,16,17). The molecule has 3 heterocycles. The van der Waals surface area contributed by atoms with Gasteiger partial charge in [0.25, 0.3) is 0 Å². The molecule has 0 amide bonds. The van der Waals surface area contributed by atoms with Crippen LogP contribution in [-0.4, -0.2) is 40.7 Å². The van der Waals surface area contributed by atoms with E-state index in [1.807, 2.05) is 17.6 Å². The highest BCUT2D eigenvalue weighted by Crippen LogP contribution is 2.15. The molecule has 2 N–H and O–H groups in total. The molecule has 0 aromatic carbocycles. The van der Waals surface area contributed by atoms with Gasteiger partial charge < -0.3 is 10.5 Å². The average Bonchev–Trinajstić information content (AvgIpc) is 2.99. The fraction of sp³-hybridized carbons (Fsp3) is 0.467. The van der Waals surface area contributed by atoms with Gasteiger partial charge in [-0.2, -0.15) is 0 Å². The lowest BCUT2D eigenvalue weighted by Gasteiger charge is -2.32. The van der Waals surface area contributed by atoms with Crippen molar-refractivity contribution in [2.45, 2.75) is 25.5 Å². The number of aromatic nitrogens is 2. The third kappa shape index (κ3) is 4.23. The Morgan fingerprint density at radius 2 is 2.38 bits per heavy atom. The van der Waals surface area contributed by atoms with E-state index in [2.05, 4.69) is 20.2 Å². The van der Waals surface area contributed by atoms with E-state index in [1.165, 1.54) is 5.56 Å². The van der Waals surface area contributed by atoms with Crippen molar-refractivity contribution in [1.29, 1.82) is 0 Å². The summed E-state index contributed by atoms with van der Waals surface area (Å²) in [5.74, 6) is 0.585. The maximum Gasteiger partial charge on any atom is 0.123 e. The molecule has 0 radical (unpaired) electrons. The Hall–Kier alpha value is -1.50. The summed E-state index contributed by atoms with van der Waals surface area (Å²) >= 11 is 1.65. The van der Waals surface area contributed by atoms with Crippen LogP contribution in [0.2, 0.25) is 0 Å². The molecular weight excluding hydrogens is 284 g/mol. The number of nitrogen functional groups attached to an aromatic ring is 1. The number of thiazole rings is 1. The third-order valence-electron chi connectivity index (χ3n) is 3.69. The first-order valence-corrected chi connectivity index (χ1v) is 8.15. The minimum absolute atomic E-state index is 0.284. The van der Waals surface area contributed by atoms with Crippen LogP contribution >= 0.6 is 11.3 Å². The number of hydrogen-bond donors (Lipinski definition) is 1. The van der Waals surface area contributed by atoms with Crippen LogP contribution in [0, 0.1) is 0 Å². The molecule has 1 atom stereocenters. The first kappa shape index (κ1) is 14.4. The van der Waals surface area contributed by atoms with Gasteiger partial charge in [-0.15, -0.1) is 11.3 Å². The summed E-state index contributed by atoms with van der Waals surface area (Å²) in [6.45, 7) is 3.67. The Bertz CT molecular complexity index is 561. The summed E-state index contributed by atoms with van der Waals surface area (Å²) in [6, 6.07) is 3.96. The quantitative estimate of drug-likeness (QED) is 0.914. The minimum atomic E-state index is 0.284. The number of hydrogen-bond acceptors (Lipinski definition) is 6. The van der Waals surface area contributed by atoms with Crippen molar-refractivity contribution >= 4 is 17.2 Å². The topological polar surface area (TPSA) is 64.3 Å². The van der Waals surface area contributed by atoms with E-state index in [9.17, 15) is 0 Å². The van der Waals surface area contributed by atoms with E-state index in [1.54, 1.807) is 17.5 Å². The molecule has 21 heavy (non-hydrogen) atoms. The van der Waals surface area contributed by atoms with Crippen LogP contribution in [0.5, 0.6) is 0 Å². The minimum Gasteiger partial charge on any atom is -0.384 e. The van der Waals surface area contributed by atoms with Gasteiger partial charge in [0, 0.05) is 31.2 Å². The second kappa shape index (κ2) is 6.98. The van der Waals surface area contributed by atoms with Crippen LogP contribution < -0.4 is 5.73 Å². The van der Waals surface area contributed by atoms with Gasteiger partial charge in [-0.05, 0) is 30.5 Å². The van der Waals surface area contributed by atoms with Gasteiger partial charge in [-0.25, -0.2) is 9.97 Å². The number of nitrogens with zero attached hydrogens (tertiary/aromatic N) is 3. The molecule has 1 aliphatic rings. The second-order valence-electron chi connectivity index (χ2n) is 5.34. The average molecular weight is 304 g/mol. The van der Waals surface area contributed by atoms with Crippen molar-refractivity contribution in [1.82, 2.24) is 14.9 Å².